The van der Waals surface area contributed by atoms with Gasteiger partial charge in [-0.1, -0.05) is 30.3 Å². The molecule has 1 aromatic carbocycles. The molecule has 1 amide bonds. The van der Waals surface area contributed by atoms with Crippen LogP contribution in [0.4, 0.5) is 8.78 Å². The highest BCUT2D eigenvalue weighted by molar-refractivity contribution is 5.99. The van der Waals surface area contributed by atoms with E-state index in [-0.39, 0.29) is 5.89 Å². The second-order valence-electron chi connectivity index (χ2n) is 7.38. The summed E-state index contributed by atoms with van der Waals surface area (Å²) in [7, 11) is 0. The number of fused-ring (bicyclic) bond motifs is 1. The molecule has 1 unspecified atom stereocenters. The predicted octanol–water partition coefficient (Wildman–Crippen LogP) is 3.82. The zero-order valence-corrected chi connectivity index (χ0v) is 17.0. The van der Waals surface area contributed by atoms with Crippen LogP contribution in [0.2, 0.25) is 0 Å². The Hall–Kier alpha value is -4.05. The lowest BCUT2D eigenvalue weighted by atomic mass is 9.99. The Balaban J connectivity index is 1.68. The third-order valence-corrected chi connectivity index (χ3v) is 5.46. The number of carbonyl (C=O) groups is 1. The Morgan fingerprint density at radius 3 is 2.21 bits per heavy atom. The number of hydrogen-bond donors (Lipinski definition) is 1. The molecule has 10 heteroatoms. The number of hydrogen-bond acceptors (Lipinski definition) is 7. The van der Waals surface area contributed by atoms with Gasteiger partial charge >= 0.3 is 6.43 Å². The van der Waals surface area contributed by atoms with E-state index in [0.717, 1.165) is 0 Å². The molecule has 4 aromatic rings. The summed E-state index contributed by atoms with van der Waals surface area (Å²) in [5.41, 5.74) is 1.54. The fraction of sp³-hybridized carbons (Fsp3) is 0.174. The van der Waals surface area contributed by atoms with E-state index in [4.69, 9.17) is 4.42 Å². The molecule has 0 aliphatic carbocycles. The smallest absolute Gasteiger partial charge is 0.314 e. The average Bonchev–Trinajstić information content (AvgIpc) is 3.44. The molecule has 0 saturated heterocycles. The van der Waals surface area contributed by atoms with E-state index in [1.807, 2.05) is 0 Å². The van der Waals surface area contributed by atoms with Gasteiger partial charge in [0.1, 0.15) is 18.2 Å². The zero-order chi connectivity index (χ0) is 22.9. The minimum atomic E-state index is -2.96. The highest BCUT2D eigenvalue weighted by atomic mass is 19.3. The van der Waals surface area contributed by atoms with Crippen LogP contribution >= 0.6 is 0 Å². The molecule has 0 spiro atoms. The van der Waals surface area contributed by atoms with Crippen molar-refractivity contribution in [3.05, 3.63) is 107 Å². The standard InChI is InChI=1S/C23H17F2N5O3/c24-20(25)22-29-28-21(33-22)17-13-7-1-2-8-14(13)23(32)30(17)18(15-9-3-5-11-26-15)19(31)16-10-4-6-12-27-16/h1-12,17-20,31H/t17?,18-,19+/m1/s1. The van der Waals surface area contributed by atoms with E-state index in [1.54, 1.807) is 60.7 Å². The van der Waals surface area contributed by atoms with Gasteiger partial charge in [0.25, 0.3) is 11.8 Å². The second-order valence-corrected chi connectivity index (χ2v) is 7.38. The van der Waals surface area contributed by atoms with Crippen molar-refractivity contribution in [2.75, 3.05) is 0 Å². The summed E-state index contributed by atoms with van der Waals surface area (Å²) in [6.07, 6.45) is -1.17. The largest absolute Gasteiger partial charge is 0.417 e. The van der Waals surface area contributed by atoms with Gasteiger partial charge in [0.05, 0.1) is 11.4 Å². The maximum absolute atomic E-state index is 13.6. The molecule has 1 N–H and O–H groups in total. The topological polar surface area (TPSA) is 105 Å². The number of halogens is 2. The minimum Gasteiger partial charge on any atom is -0.417 e. The molecule has 0 saturated carbocycles. The molecule has 1 aliphatic rings. The van der Waals surface area contributed by atoms with Crippen molar-refractivity contribution in [3.8, 4) is 0 Å². The Morgan fingerprint density at radius 1 is 0.909 bits per heavy atom. The molecule has 0 radical (unpaired) electrons. The fourth-order valence-corrected chi connectivity index (χ4v) is 4.04. The SMILES string of the molecule is O=C1c2ccccc2C(c2nnc(C(F)F)o2)N1[C@H](c1ccccn1)[C@@H](O)c1ccccn1. The molecule has 3 aromatic heterocycles. The van der Waals surface area contributed by atoms with Crippen LogP contribution in [0.15, 0.2) is 77.5 Å². The zero-order valence-electron chi connectivity index (χ0n) is 17.0. The van der Waals surface area contributed by atoms with Crippen molar-refractivity contribution in [2.24, 2.45) is 0 Å². The molecular weight excluding hydrogens is 432 g/mol. The summed E-state index contributed by atoms with van der Waals surface area (Å²) in [6.45, 7) is 0. The number of pyridine rings is 2. The maximum atomic E-state index is 13.6. The Kier molecular flexibility index (Phi) is 5.35. The lowest BCUT2D eigenvalue weighted by Crippen LogP contribution is -2.37. The number of aliphatic hydroxyl groups is 1. The van der Waals surface area contributed by atoms with Gasteiger partial charge in [0.2, 0.25) is 5.89 Å². The average molecular weight is 449 g/mol. The van der Waals surface area contributed by atoms with Crippen LogP contribution in [0, 0.1) is 0 Å². The summed E-state index contributed by atoms with van der Waals surface area (Å²) in [6, 6.07) is 14.9. The maximum Gasteiger partial charge on any atom is 0.314 e. The number of alkyl halides is 2. The van der Waals surface area contributed by atoms with Crippen molar-refractivity contribution in [1.29, 1.82) is 0 Å². The third-order valence-electron chi connectivity index (χ3n) is 5.46. The lowest BCUT2D eigenvalue weighted by Gasteiger charge is -2.34. The molecule has 166 valence electrons. The van der Waals surface area contributed by atoms with Crippen LogP contribution in [0.1, 0.15) is 63.7 Å². The highest BCUT2D eigenvalue weighted by Crippen LogP contribution is 2.46. The number of aliphatic hydroxyl groups excluding tert-OH is 1. The fourth-order valence-electron chi connectivity index (χ4n) is 4.04. The first kappa shape index (κ1) is 20.8. The number of amides is 1. The summed E-state index contributed by atoms with van der Waals surface area (Å²) >= 11 is 0. The third kappa shape index (κ3) is 3.64. The van der Waals surface area contributed by atoms with Crippen molar-refractivity contribution < 1.29 is 23.1 Å². The van der Waals surface area contributed by atoms with Crippen LogP contribution in [0.3, 0.4) is 0 Å². The molecule has 0 bridgehead atoms. The van der Waals surface area contributed by atoms with Gasteiger partial charge in [-0.25, -0.2) is 0 Å². The van der Waals surface area contributed by atoms with Crippen LogP contribution in [-0.4, -0.2) is 36.1 Å². The minimum absolute atomic E-state index is 0.183. The van der Waals surface area contributed by atoms with Gasteiger partial charge in [0, 0.05) is 18.0 Å². The summed E-state index contributed by atoms with van der Waals surface area (Å²) in [5, 5.41) is 18.6. The summed E-state index contributed by atoms with van der Waals surface area (Å²) < 4.78 is 31.6. The summed E-state index contributed by atoms with van der Waals surface area (Å²) in [5.74, 6) is -1.46. The van der Waals surface area contributed by atoms with Crippen LogP contribution in [-0.2, 0) is 0 Å². The van der Waals surface area contributed by atoms with E-state index >= 15 is 0 Å². The molecular formula is C23H17F2N5O3. The molecule has 4 heterocycles. The quantitative estimate of drug-likeness (QED) is 0.477. The van der Waals surface area contributed by atoms with Crippen LogP contribution in [0.5, 0.6) is 0 Å². The highest BCUT2D eigenvalue weighted by Gasteiger charge is 2.47. The van der Waals surface area contributed by atoms with E-state index in [2.05, 4.69) is 20.2 Å². The Labute approximate surface area is 186 Å². The molecule has 8 nitrogen and oxygen atoms in total. The van der Waals surface area contributed by atoms with E-state index < -0.39 is 36.4 Å². The molecule has 3 atom stereocenters. The molecule has 1 aliphatic heterocycles. The van der Waals surface area contributed by atoms with Crippen LogP contribution < -0.4 is 0 Å². The molecule has 33 heavy (non-hydrogen) atoms. The van der Waals surface area contributed by atoms with Gasteiger partial charge in [-0.05, 0) is 35.9 Å². The predicted molar refractivity (Wildman–Crippen MR) is 110 cm³/mol. The van der Waals surface area contributed by atoms with Crippen molar-refractivity contribution in [1.82, 2.24) is 25.1 Å². The summed E-state index contributed by atoms with van der Waals surface area (Å²) in [4.78, 5) is 23.5. The first-order valence-corrected chi connectivity index (χ1v) is 10.1. The molecule has 5 rings (SSSR count). The van der Waals surface area contributed by atoms with Gasteiger partial charge in [-0.3, -0.25) is 14.8 Å². The van der Waals surface area contributed by atoms with E-state index in [1.165, 1.54) is 17.3 Å². The second kappa shape index (κ2) is 8.47. The normalized spacial score (nSPS) is 17.3. The van der Waals surface area contributed by atoms with E-state index in [9.17, 15) is 18.7 Å². The number of benzene rings is 1. The van der Waals surface area contributed by atoms with Gasteiger partial charge in [0.15, 0.2) is 0 Å². The Bertz CT molecular complexity index is 1270. The van der Waals surface area contributed by atoms with Gasteiger partial charge < -0.3 is 14.4 Å². The first-order chi connectivity index (χ1) is 16.1. The number of rotatable bonds is 6. The number of carbonyl (C=O) groups excluding carboxylic acids is 1. The molecule has 0 fully saturated rings. The lowest BCUT2D eigenvalue weighted by molar-refractivity contribution is 0.0219. The van der Waals surface area contributed by atoms with Crippen molar-refractivity contribution >= 4 is 5.91 Å². The van der Waals surface area contributed by atoms with Gasteiger partial charge in [-0.2, -0.15) is 8.78 Å². The van der Waals surface area contributed by atoms with Crippen LogP contribution in [0.25, 0.3) is 0 Å². The van der Waals surface area contributed by atoms with Crippen molar-refractivity contribution in [2.45, 2.75) is 24.6 Å². The van der Waals surface area contributed by atoms with Crippen molar-refractivity contribution in [3.63, 3.8) is 0 Å². The number of nitrogens with zero attached hydrogens (tertiary/aromatic N) is 5. The van der Waals surface area contributed by atoms with E-state index in [0.29, 0.717) is 22.5 Å². The number of aromatic nitrogens is 4. The monoisotopic (exact) mass is 449 g/mol. The first-order valence-electron chi connectivity index (χ1n) is 10.1. The Morgan fingerprint density at radius 2 is 1.58 bits per heavy atom. The van der Waals surface area contributed by atoms with Gasteiger partial charge in [-0.15, -0.1) is 10.2 Å².